The summed E-state index contributed by atoms with van der Waals surface area (Å²) < 4.78 is 10.1. The number of thioether (sulfide) groups is 1. The Morgan fingerprint density at radius 1 is 1.29 bits per heavy atom. The van der Waals surface area contributed by atoms with Crippen LogP contribution < -0.4 is 15.2 Å². The van der Waals surface area contributed by atoms with Crippen molar-refractivity contribution in [3.05, 3.63) is 18.2 Å². The van der Waals surface area contributed by atoms with Crippen LogP contribution in [-0.2, 0) is 0 Å². The number of methoxy groups -OCH3 is 2. The molecule has 0 saturated carbocycles. The Kier molecular flexibility index (Phi) is 3.64. The summed E-state index contributed by atoms with van der Waals surface area (Å²) in [6, 6.07) is 5.18. The maximum Gasteiger partial charge on any atom is 0.281 e. The molecule has 1 amide bonds. The fraction of sp³-hybridized carbons (Fsp3) is 0.222. The van der Waals surface area contributed by atoms with E-state index in [9.17, 15) is 4.79 Å². The Bertz CT molecular complexity index is 341. The zero-order valence-corrected chi connectivity index (χ0v) is 8.76. The van der Waals surface area contributed by atoms with Crippen LogP contribution in [0.5, 0.6) is 11.5 Å². The molecular formula is C9H11NO3S. The highest BCUT2D eigenvalue weighted by molar-refractivity contribution is 8.13. The van der Waals surface area contributed by atoms with Crippen molar-refractivity contribution in [1.29, 1.82) is 0 Å². The molecule has 1 rings (SSSR count). The molecule has 0 aliphatic rings. The van der Waals surface area contributed by atoms with Crippen molar-refractivity contribution in [3.8, 4) is 11.5 Å². The summed E-state index contributed by atoms with van der Waals surface area (Å²) in [5.41, 5.74) is 5.04. The van der Waals surface area contributed by atoms with Crippen molar-refractivity contribution < 1.29 is 14.3 Å². The van der Waals surface area contributed by atoms with Crippen LogP contribution in [0.25, 0.3) is 0 Å². The molecule has 0 fully saturated rings. The Morgan fingerprint density at radius 2 is 1.93 bits per heavy atom. The van der Waals surface area contributed by atoms with Crippen LogP contribution in [0.15, 0.2) is 23.1 Å². The molecule has 0 aliphatic carbocycles. The minimum Gasteiger partial charge on any atom is -0.493 e. The lowest BCUT2D eigenvalue weighted by molar-refractivity contribution is 0.267. The van der Waals surface area contributed by atoms with Gasteiger partial charge in [-0.1, -0.05) is 0 Å². The molecule has 76 valence electrons. The SMILES string of the molecule is COc1ccc(SC(N)=O)cc1OC. The minimum absolute atomic E-state index is 0.447. The van der Waals surface area contributed by atoms with E-state index in [1.807, 2.05) is 0 Å². The van der Waals surface area contributed by atoms with Gasteiger partial charge in [-0.15, -0.1) is 0 Å². The summed E-state index contributed by atoms with van der Waals surface area (Å²) >= 11 is 0.950. The van der Waals surface area contributed by atoms with Crippen molar-refractivity contribution in [2.24, 2.45) is 5.73 Å². The fourth-order valence-corrected chi connectivity index (χ4v) is 1.53. The van der Waals surface area contributed by atoms with Gasteiger partial charge in [-0.3, -0.25) is 4.79 Å². The van der Waals surface area contributed by atoms with Gasteiger partial charge in [-0.2, -0.15) is 0 Å². The third-order valence-corrected chi connectivity index (χ3v) is 2.26. The van der Waals surface area contributed by atoms with Crippen molar-refractivity contribution in [1.82, 2.24) is 0 Å². The molecule has 0 bridgehead atoms. The van der Waals surface area contributed by atoms with E-state index in [0.717, 1.165) is 16.7 Å². The van der Waals surface area contributed by atoms with Gasteiger partial charge in [0, 0.05) is 4.90 Å². The molecule has 5 heteroatoms. The van der Waals surface area contributed by atoms with Gasteiger partial charge < -0.3 is 15.2 Å². The fourth-order valence-electron chi connectivity index (χ4n) is 0.996. The minimum atomic E-state index is -0.447. The Hall–Kier alpha value is -1.36. The first-order valence-corrected chi connectivity index (χ1v) is 4.68. The molecule has 0 saturated heterocycles. The number of hydrogen-bond acceptors (Lipinski definition) is 4. The van der Waals surface area contributed by atoms with Gasteiger partial charge in [-0.05, 0) is 30.0 Å². The van der Waals surface area contributed by atoms with Crippen LogP contribution >= 0.6 is 11.8 Å². The summed E-state index contributed by atoms with van der Waals surface area (Å²) in [5.74, 6) is 1.21. The number of rotatable bonds is 3. The lowest BCUT2D eigenvalue weighted by atomic mass is 10.3. The van der Waals surface area contributed by atoms with E-state index in [-0.39, 0.29) is 0 Å². The molecular weight excluding hydrogens is 202 g/mol. The maximum absolute atomic E-state index is 10.6. The molecule has 4 nitrogen and oxygen atoms in total. The van der Waals surface area contributed by atoms with Crippen LogP contribution in [0.3, 0.4) is 0 Å². The van der Waals surface area contributed by atoms with E-state index < -0.39 is 5.24 Å². The highest BCUT2D eigenvalue weighted by Gasteiger charge is 2.06. The molecule has 0 heterocycles. The molecule has 0 spiro atoms. The van der Waals surface area contributed by atoms with E-state index in [1.165, 1.54) is 7.11 Å². The first-order chi connectivity index (χ1) is 6.67. The van der Waals surface area contributed by atoms with Crippen LogP contribution in [0, 0.1) is 0 Å². The molecule has 0 aromatic heterocycles. The summed E-state index contributed by atoms with van der Waals surface area (Å²) in [6.45, 7) is 0. The topological polar surface area (TPSA) is 61.5 Å². The van der Waals surface area contributed by atoms with E-state index in [2.05, 4.69) is 0 Å². The number of carbonyl (C=O) groups excluding carboxylic acids is 1. The van der Waals surface area contributed by atoms with Gasteiger partial charge >= 0.3 is 0 Å². The monoisotopic (exact) mass is 213 g/mol. The smallest absolute Gasteiger partial charge is 0.281 e. The predicted octanol–water partition coefficient (Wildman–Crippen LogP) is 1.87. The second-order valence-electron chi connectivity index (χ2n) is 2.44. The molecule has 14 heavy (non-hydrogen) atoms. The lowest BCUT2D eigenvalue weighted by Gasteiger charge is -2.07. The van der Waals surface area contributed by atoms with Crippen molar-refractivity contribution in [2.45, 2.75) is 4.90 Å². The van der Waals surface area contributed by atoms with Crippen molar-refractivity contribution in [2.75, 3.05) is 14.2 Å². The number of amides is 1. The normalized spacial score (nSPS) is 9.57. The van der Waals surface area contributed by atoms with Gasteiger partial charge in [0.2, 0.25) is 0 Å². The third-order valence-electron chi connectivity index (χ3n) is 1.57. The summed E-state index contributed by atoms with van der Waals surface area (Å²) in [6.07, 6.45) is 0. The summed E-state index contributed by atoms with van der Waals surface area (Å²) in [5, 5.41) is -0.447. The van der Waals surface area contributed by atoms with Crippen LogP contribution in [0.4, 0.5) is 4.79 Å². The molecule has 1 aromatic rings. The Morgan fingerprint density at radius 3 is 2.43 bits per heavy atom. The Labute approximate surface area is 86.4 Å². The quantitative estimate of drug-likeness (QED) is 0.779. The zero-order chi connectivity index (χ0) is 10.6. The molecule has 0 atom stereocenters. The lowest BCUT2D eigenvalue weighted by Crippen LogP contribution is -2.01. The second kappa shape index (κ2) is 4.76. The van der Waals surface area contributed by atoms with Gasteiger partial charge in [0.05, 0.1) is 14.2 Å². The maximum atomic E-state index is 10.6. The highest BCUT2D eigenvalue weighted by Crippen LogP contribution is 2.31. The Balaban J connectivity index is 2.95. The number of ether oxygens (including phenoxy) is 2. The molecule has 2 N–H and O–H groups in total. The van der Waals surface area contributed by atoms with Gasteiger partial charge in [0.1, 0.15) is 0 Å². The third kappa shape index (κ3) is 2.56. The zero-order valence-electron chi connectivity index (χ0n) is 7.94. The first kappa shape index (κ1) is 10.7. The van der Waals surface area contributed by atoms with Crippen LogP contribution in [0.1, 0.15) is 0 Å². The molecule has 1 aromatic carbocycles. The number of carbonyl (C=O) groups is 1. The average Bonchev–Trinajstić information content (AvgIpc) is 2.16. The van der Waals surface area contributed by atoms with Crippen molar-refractivity contribution in [3.63, 3.8) is 0 Å². The number of hydrogen-bond donors (Lipinski definition) is 1. The standard InChI is InChI=1S/C9H11NO3S/c1-12-7-4-3-6(14-9(10)11)5-8(7)13-2/h3-5H,1-2H3,(H2,10,11). The first-order valence-electron chi connectivity index (χ1n) is 3.86. The molecule has 0 unspecified atom stereocenters. The van der Waals surface area contributed by atoms with Crippen LogP contribution in [0.2, 0.25) is 0 Å². The average molecular weight is 213 g/mol. The highest BCUT2D eigenvalue weighted by atomic mass is 32.2. The summed E-state index contributed by atoms with van der Waals surface area (Å²) in [7, 11) is 3.09. The number of nitrogens with two attached hydrogens (primary N) is 1. The van der Waals surface area contributed by atoms with Gasteiger partial charge in [-0.25, -0.2) is 0 Å². The largest absolute Gasteiger partial charge is 0.493 e. The van der Waals surface area contributed by atoms with E-state index in [1.54, 1.807) is 25.3 Å². The molecule has 0 aliphatic heterocycles. The molecule has 0 radical (unpaired) electrons. The summed E-state index contributed by atoms with van der Waals surface area (Å²) in [4.78, 5) is 11.4. The van der Waals surface area contributed by atoms with Crippen molar-refractivity contribution >= 4 is 17.0 Å². The number of benzene rings is 1. The van der Waals surface area contributed by atoms with E-state index in [4.69, 9.17) is 15.2 Å². The van der Waals surface area contributed by atoms with E-state index >= 15 is 0 Å². The van der Waals surface area contributed by atoms with Crippen LogP contribution in [-0.4, -0.2) is 19.5 Å². The predicted molar refractivity (Wildman–Crippen MR) is 55.0 cm³/mol. The van der Waals surface area contributed by atoms with E-state index in [0.29, 0.717) is 11.5 Å². The van der Waals surface area contributed by atoms with Gasteiger partial charge in [0.25, 0.3) is 5.24 Å². The van der Waals surface area contributed by atoms with Gasteiger partial charge in [0.15, 0.2) is 11.5 Å². The second-order valence-corrected chi connectivity index (χ2v) is 3.52. The number of primary amides is 1.